The molecule has 0 N–H and O–H groups in total. The second-order valence-corrected chi connectivity index (χ2v) is 6.23. The maximum absolute atomic E-state index is 12.2. The maximum Gasteiger partial charge on any atom is 0.206 e. The van der Waals surface area contributed by atoms with Crippen LogP contribution in [0.15, 0.2) is 42.6 Å². The first-order chi connectivity index (χ1) is 12.5. The molecule has 3 rings (SSSR count). The number of ether oxygens (including phenoxy) is 1. The van der Waals surface area contributed by atoms with Gasteiger partial charge in [0.1, 0.15) is 11.4 Å². The lowest BCUT2D eigenvalue weighted by Crippen LogP contribution is -2.05. The van der Waals surface area contributed by atoms with Crippen LogP contribution < -0.4 is 4.74 Å². The lowest BCUT2D eigenvalue weighted by atomic mass is 10.1. The first-order valence-corrected chi connectivity index (χ1v) is 8.36. The average molecular weight is 350 g/mol. The largest absolute Gasteiger partial charge is 0.496 e. The van der Waals surface area contributed by atoms with Crippen LogP contribution in [0.3, 0.4) is 0 Å². The molecule has 6 nitrogen and oxygen atoms in total. The number of carbonyl (C=O) groups is 1. The van der Waals surface area contributed by atoms with Crippen molar-refractivity contribution in [2.24, 2.45) is 7.05 Å². The van der Waals surface area contributed by atoms with E-state index in [4.69, 9.17) is 4.74 Å². The molecule has 6 heteroatoms. The number of aryl methyl sites for hydroxylation is 3. The molecule has 0 fully saturated rings. The molecular weight excluding hydrogens is 328 g/mol. The quantitative estimate of drug-likeness (QED) is 0.506. The van der Waals surface area contributed by atoms with Crippen molar-refractivity contribution in [3.05, 3.63) is 70.8 Å². The summed E-state index contributed by atoms with van der Waals surface area (Å²) in [6, 6.07) is 9.59. The maximum atomic E-state index is 12.2. The monoisotopic (exact) mass is 350 g/mol. The molecule has 3 aromatic rings. The third-order valence-corrected chi connectivity index (χ3v) is 4.12. The minimum atomic E-state index is -0.124. The number of methoxy groups -OCH3 is 1. The van der Waals surface area contributed by atoms with E-state index in [0.717, 1.165) is 28.3 Å². The summed E-state index contributed by atoms with van der Waals surface area (Å²) >= 11 is 0. The number of ketones is 1. The average Bonchev–Trinajstić information content (AvgIpc) is 3.18. The fourth-order valence-corrected chi connectivity index (χ4v) is 2.83. The van der Waals surface area contributed by atoms with Gasteiger partial charge in [-0.1, -0.05) is 12.1 Å². The molecule has 0 spiro atoms. The highest BCUT2D eigenvalue weighted by molar-refractivity contribution is 6.05. The smallest absolute Gasteiger partial charge is 0.206 e. The Kier molecular flexibility index (Phi) is 5.02. The van der Waals surface area contributed by atoms with E-state index in [1.165, 1.54) is 6.08 Å². The zero-order chi connectivity index (χ0) is 18.7. The Morgan fingerprint density at radius 3 is 2.62 bits per heavy atom. The number of rotatable bonds is 6. The van der Waals surface area contributed by atoms with Gasteiger partial charge in [-0.2, -0.15) is 10.2 Å². The molecule has 2 aromatic heterocycles. The van der Waals surface area contributed by atoms with Crippen LogP contribution >= 0.6 is 0 Å². The van der Waals surface area contributed by atoms with Crippen molar-refractivity contribution in [3.8, 4) is 5.75 Å². The second-order valence-electron chi connectivity index (χ2n) is 6.23. The van der Waals surface area contributed by atoms with Crippen LogP contribution in [-0.4, -0.2) is 32.5 Å². The van der Waals surface area contributed by atoms with Gasteiger partial charge in [0.2, 0.25) is 5.78 Å². The van der Waals surface area contributed by atoms with E-state index in [0.29, 0.717) is 12.2 Å². The number of allylic oxidation sites excluding steroid dienone is 1. The Morgan fingerprint density at radius 1 is 1.19 bits per heavy atom. The van der Waals surface area contributed by atoms with E-state index in [-0.39, 0.29) is 5.78 Å². The van der Waals surface area contributed by atoms with Gasteiger partial charge in [-0.15, -0.1) is 0 Å². The van der Waals surface area contributed by atoms with Gasteiger partial charge in [0, 0.05) is 24.5 Å². The van der Waals surface area contributed by atoms with Gasteiger partial charge in [-0.3, -0.25) is 14.2 Å². The molecule has 0 aliphatic carbocycles. The molecule has 0 aliphatic heterocycles. The molecule has 0 aliphatic rings. The fourth-order valence-electron chi connectivity index (χ4n) is 2.83. The second kappa shape index (κ2) is 7.39. The number of hydrogen-bond donors (Lipinski definition) is 0. The van der Waals surface area contributed by atoms with Gasteiger partial charge in [-0.25, -0.2) is 0 Å². The number of nitrogens with zero attached hydrogens (tertiary/aromatic N) is 4. The molecule has 0 amide bonds. The first kappa shape index (κ1) is 17.7. The third kappa shape index (κ3) is 3.91. The van der Waals surface area contributed by atoms with Crippen LogP contribution in [0.1, 0.15) is 33.0 Å². The van der Waals surface area contributed by atoms with E-state index in [1.807, 2.05) is 42.8 Å². The molecular formula is C20H22N4O2. The summed E-state index contributed by atoms with van der Waals surface area (Å²) in [6.07, 6.45) is 5.08. The van der Waals surface area contributed by atoms with Crippen molar-refractivity contribution < 1.29 is 9.53 Å². The van der Waals surface area contributed by atoms with Gasteiger partial charge in [0.25, 0.3) is 0 Å². The molecule has 26 heavy (non-hydrogen) atoms. The van der Waals surface area contributed by atoms with Crippen molar-refractivity contribution in [1.29, 1.82) is 0 Å². The number of hydrogen-bond acceptors (Lipinski definition) is 4. The predicted octanol–water partition coefficient (Wildman–Crippen LogP) is 3.19. The summed E-state index contributed by atoms with van der Waals surface area (Å²) < 4.78 is 9.03. The summed E-state index contributed by atoms with van der Waals surface area (Å²) in [5, 5.41) is 8.63. The molecule has 0 atom stereocenters. The SMILES string of the molecule is COc1ccc(/C=C/C(=O)c2ccn(C)n2)cc1Cn1nc(C)cc1C. The Labute approximate surface area is 152 Å². The summed E-state index contributed by atoms with van der Waals surface area (Å²) in [7, 11) is 3.44. The molecule has 0 bridgehead atoms. The van der Waals surface area contributed by atoms with Crippen molar-refractivity contribution in [3.63, 3.8) is 0 Å². The summed E-state index contributed by atoms with van der Waals surface area (Å²) in [4.78, 5) is 12.2. The van der Waals surface area contributed by atoms with E-state index < -0.39 is 0 Å². The van der Waals surface area contributed by atoms with Gasteiger partial charge in [-0.05, 0) is 49.8 Å². The van der Waals surface area contributed by atoms with E-state index in [1.54, 1.807) is 37.2 Å². The van der Waals surface area contributed by atoms with E-state index in [2.05, 4.69) is 10.2 Å². The predicted molar refractivity (Wildman–Crippen MR) is 100 cm³/mol. The lowest BCUT2D eigenvalue weighted by Gasteiger charge is -2.11. The van der Waals surface area contributed by atoms with Crippen molar-refractivity contribution >= 4 is 11.9 Å². The summed E-state index contributed by atoms with van der Waals surface area (Å²) in [5.41, 5.74) is 4.44. The Morgan fingerprint density at radius 2 is 2.00 bits per heavy atom. The molecule has 0 unspecified atom stereocenters. The van der Waals surface area contributed by atoms with Gasteiger partial charge >= 0.3 is 0 Å². The number of aromatic nitrogens is 4. The molecule has 134 valence electrons. The Hall–Kier alpha value is -3.15. The van der Waals surface area contributed by atoms with Crippen LogP contribution in [0.2, 0.25) is 0 Å². The standard InChI is InChI=1S/C20H22N4O2/c1-14-11-15(2)24(21-14)13-17-12-16(6-8-20(17)26-4)5-7-19(25)18-9-10-23(3)22-18/h5-12H,13H2,1-4H3/b7-5+. The van der Waals surface area contributed by atoms with Crippen LogP contribution in [-0.2, 0) is 13.6 Å². The molecule has 0 saturated heterocycles. The van der Waals surface area contributed by atoms with Crippen molar-refractivity contribution in [2.75, 3.05) is 7.11 Å². The van der Waals surface area contributed by atoms with E-state index >= 15 is 0 Å². The topological polar surface area (TPSA) is 61.9 Å². The van der Waals surface area contributed by atoms with Crippen molar-refractivity contribution in [1.82, 2.24) is 19.6 Å². The molecule has 2 heterocycles. The number of benzene rings is 1. The highest BCUT2D eigenvalue weighted by Gasteiger charge is 2.09. The van der Waals surface area contributed by atoms with Gasteiger partial charge < -0.3 is 4.74 Å². The van der Waals surface area contributed by atoms with Gasteiger partial charge in [0.05, 0.1) is 19.3 Å². The van der Waals surface area contributed by atoms with Gasteiger partial charge in [0.15, 0.2) is 0 Å². The zero-order valence-corrected chi connectivity index (χ0v) is 15.4. The molecule has 0 saturated carbocycles. The van der Waals surface area contributed by atoms with Crippen LogP contribution in [0.5, 0.6) is 5.75 Å². The summed E-state index contributed by atoms with van der Waals surface area (Å²) in [5.74, 6) is 0.673. The van der Waals surface area contributed by atoms with E-state index in [9.17, 15) is 4.79 Å². The highest BCUT2D eigenvalue weighted by Crippen LogP contribution is 2.22. The third-order valence-electron chi connectivity index (χ3n) is 4.12. The minimum absolute atomic E-state index is 0.124. The fraction of sp³-hybridized carbons (Fsp3) is 0.250. The first-order valence-electron chi connectivity index (χ1n) is 8.36. The van der Waals surface area contributed by atoms with Crippen molar-refractivity contribution in [2.45, 2.75) is 20.4 Å². The van der Waals surface area contributed by atoms with Crippen LogP contribution in [0.25, 0.3) is 6.08 Å². The lowest BCUT2D eigenvalue weighted by molar-refractivity contribution is 0.104. The minimum Gasteiger partial charge on any atom is -0.496 e. The Balaban J connectivity index is 1.83. The molecule has 1 aromatic carbocycles. The van der Waals surface area contributed by atoms with Crippen LogP contribution in [0, 0.1) is 13.8 Å². The number of carbonyl (C=O) groups excluding carboxylic acids is 1. The van der Waals surface area contributed by atoms with Crippen LogP contribution in [0.4, 0.5) is 0 Å². The molecule has 0 radical (unpaired) electrons. The normalized spacial score (nSPS) is 11.2. The summed E-state index contributed by atoms with van der Waals surface area (Å²) in [6.45, 7) is 4.61. The Bertz CT molecular complexity index is 966. The highest BCUT2D eigenvalue weighted by atomic mass is 16.5. The zero-order valence-electron chi connectivity index (χ0n) is 15.4.